The second-order valence-corrected chi connectivity index (χ2v) is 6.38. The summed E-state index contributed by atoms with van der Waals surface area (Å²) in [6.45, 7) is 8.56. The Bertz CT molecular complexity index is 660. The molecule has 2 N–H and O–H groups in total. The van der Waals surface area contributed by atoms with E-state index in [9.17, 15) is 0 Å². The van der Waals surface area contributed by atoms with Gasteiger partial charge in [0.25, 0.3) is 0 Å². The number of aromatic nitrogens is 2. The second kappa shape index (κ2) is 5.77. The van der Waals surface area contributed by atoms with E-state index in [2.05, 4.69) is 42.9 Å². The van der Waals surface area contributed by atoms with Gasteiger partial charge in [-0.15, -0.1) is 0 Å². The first-order valence-electron chi connectivity index (χ1n) is 6.68. The lowest BCUT2D eigenvalue weighted by Gasteiger charge is -2.20. The van der Waals surface area contributed by atoms with Crippen molar-refractivity contribution < 1.29 is 4.74 Å². The number of hydrogen-bond acceptors (Lipinski definition) is 4. The van der Waals surface area contributed by atoms with Crippen molar-refractivity contribution in [3.05, 3.63) is 47.4 Å². The summed E-state index contributed by atoms with van der Waals surface area (Å²) in [5, 5.41) is 0. The molecular weight excluding hydrogens is 282 g/mol. The fraction of sp³-hybridized carbons (Fsp3) is 0.312. The highest BCUT2D eigenvalue weighted by Crippen LogP contribution is 2.29. The molecule has 0 fully saturated rings. The molecule has 0 aliphatic rings. The van der Waals surface area contributed by atoms with Gasteiger partial charge < -0.3 is 10.5 Å². The van der Waals surface area contributed by atoms with Crippen LogP contribution < -0.4 is 10.5 Å². The highest BCUT2D eigenvalue weighted by molar-refractivity contribution is 7.80. The SMILES string of the molecule is Cc1cc(C(C)(C)C)ccc1Oc1cnc(C(N)=S)cn1. The molecule has 2 aromatic rings. The number of benzene rings is 1. The Morgan fingerprint density at radius 3 is 2.38 bits per heavy atom. The lowest BCUT2D eigenvalue weighted by atomic mass is 9.86. The molecule has 0 bridgehead atoms. The molecule has 1 aromatic heterocycles. The van der Waals surface area contributed by atoms with Crippen molar-refractivity contribution in [3.8, 4) is 11.6 Å². The van der Waals surface area contributed by atoms with Crippen molar-refractivity contribution in [2.45, 2.75) is 33.1 Å². The molecule has 0 atom stereocenters. The van der Waals surface area contributed by atoms with Gasteiger partial charge in [-0.05, 0) is 29.5 Å². The average molecular weight is 301 g/mol. The van der Waals surface area contributed by atoms with E-state index in [4.69, 9.17) is 22.7 Å². The molecule has 1 aromatic carbocycles. The number of hydrogen-bond donors (Lipinski definition) is 1. The lowest BCUT2D eigenvalue weighted by molar-refractivity contribution is 0.455. The third-order valence-electron chi connectivity index (χ3n) is 3.14. The van der Waals surface area contributed by atoms with Crippen LogP contribution >= 0.6 is 12.2 Å². The fourth-order valence-electron chi connectivity index (χ4n) is 1.84. The van der Waals surface area contributed by atoms with Gasteiger partial charge in [0, 0.05) is 0 Å². The third kappa shape index (κ3) is 3.76. The maximum atomic E-state index is 5.75. The van der Waals surface area contributed by atoms with E-state index < -0.39 is 0 Å². The molecule has 0 aliphatic carbocycles. The highest BCUT2D eigenvalue weighted by atomic mass is 32.1. The molecule has 4 nitrogen and oxygen atoms in total. The summed E-state index contributed by atoms with van der Waals surface area (Å²) >= 11 is 4.84. The van der Waals surface area contributed by atoms with Gasteiger partial charge in [0.1, 0.15) is 16.4 Å². The second-order valence-electron chi connectivity index (χ2n) is 5.94. The van der Waals surface area contributed by atoms with E-state index in [0.29, 0.717) is 11.6 Å². The van der Waals surface area contributed by atoms with Crippen molar-refractivity contribution in [1.82, 2.24) is 9.97 Å². The smallest absolute Gasteiger partial charge is 0.237 e. The van der Waals surface area contributed by atoms with Crippen LogP contribution in [0, 0.1) is 6.92 Å². The normalized spacial score (nSPS) is 11.2. The number of aryl methyl sites for hydroxylation is 1. The van der Waals surface area contributed by atoms with Crippen LogP contribution in [-0.2, 0) is 5.41 Å². The summed E-state index contributed by atoms with van der Waals surface area (Å²) in [5.74, 6) is 1.18. The first-order valence-corrected chi connectivity index (χ1v) is 7.09. The predicted octanol–water partition coefficient (Wildman–Crippen LogP) is 3.51. The molecule has 5 heteroatoms. The predicted molar refractivity (Wildman–Crippen MR) is 87.9 cm³/mol. The number of rotatable bonds is 3. The molecule has 0 saturated carbocycles. The summed E-state index contributed by atoms with van der Waals surface area (Å²) in [4.78, 5) is 8.48. The van der Waals surface area contributed by atoms with Crippen molar-refractivity contribution in [2.75, 3.05) is 0 Å². The van der Waals surface area contributed by atoms with Crippen LogP contribution in [0.4, 0.5) is 0 Å². The molecule has 1 heterocycles. The molecule has 2 rings (SSSR count). The summed E-state index contributed by atoms with van der Waals surface area (Å²) in [7, 11) is 0. The molecule has 21 heavy (non-hydrogen) atoms. The van der Waals surface area contributed by atoms with Crippen molar-refractivity contribution in [2.24, 2.45) is 5.73 Å². The van der Waals surface area contributed by atoms with Crippen molar-refractivity contribution in [3.63, 3.8) is 0 Å². The van der Waals surface area contributed by atoms with Gasteiger partial charge in [0.05, 0.1) is 12.4 Å². The molecule has 0 spiro atoms. The van der Waals surface area contributed by atoms with Gasteiger partial charge >= 0.3 is 0 Å². The Morgan fingerprint density at radius 2 is 1.90 bits per heavy atom. The van der Waals surface area contributed by atoms with Crippen LogP contribution in [0.15, 0.2) is 30.6 Å². The van der Waals surface area contributed by atoms with E-state index >= 15 is 0 Å². The minimum Gasteiger partial charge on any atom is -0.437 e. The van der Waals surface area contributed by atoms with Crippen molar-refractivity contribution >= 4 is 17.2 Å². The van der Waals surface area contributed by atoms with Gasteiger partial charge in [-0.1, -0.05) is 45.1 Å². The van der Waals surface area contributed by atoms with E-state index in [1.165, 1.54) is 18.0 Å². The molecule has 0 aliphatic heterocycles. The molecule has 0 amide bonds. The quantitative estimate of drug-likeness (QED) is 0.879. The van der Waals surface area contributed by atoms with Crippen molar-refractivity contribution in [1.29, 1.82) is 0 Å². The zero-order valence-electron chi connectivity index (χ0n) is 12.7. The van der Waals surface area contributed by atoms with Crippen LogP contribution in [0.3, 0.4) is 0 Å². The molecule has 0 radical (unpaired) electrons. The fourth-order valence-corrected chi connectivity index (χ4v) is 1.94. The minimum absolute atomic E-state index is 0.113. The van der Waals surface area contributed by atoms with Gasteiger partial charge in [0.2, 0.25) is 5.88 Å². The zero-order chi connectivity index (χ0) is 15.6. The van der Waals surface area contributed by atoms with Crippen LogP contribution in [0.2, 0.25) is 0 Å². The first-order chi connectivity index (χ1) is 9.77. The summed E-state index contributed by atoms with van der Waals surface area (Å²) in [6.07, 6.45) is 3.03. The Labute approximate surface area is 130 Å². The number of ether oxygens (including phenoxy) is 1. The molecule has 0 saturated heterocycles. The lowest BCUT2D eigenvalue weighted by Crippen LogP contribution is -2.12. The van der Waals surface area contributed by atoms with Crippen LogP contribution in [0.1, 0.15) is 37.6 Å². The Hall–Kier alpha value is -2.01. The maximum absolute atomic E-state index is 5.75. The average Bonchev–Trinajstić information content (AvgIpc) is 2.40. The Balaban J connectivity index is 2.22. The monoisotopic (exact) mass is 301 g/mol. The molecular formula is C16H19N3OS. The van der Waals surface area contributed by atoms with E-state index in [0.717, 1.165) is 11.3 Å². The molecule has 110 valence electrons. The summed E-state index contributed by atoms with van der Waals surface area (Å²) < 4.78 is 5.75. The Kier molecular flexibility index (Phi) is 4.23. The van der Waals surface area contributed by atoms with Gasteiger partial charge in [-0.25, -0.2) is 9.97 Å². The standard InChI is InChI=1S/C16H19N3OS/c1-10-7-11(16(2,3)4)5-6-13(10)20-14-9-18-12(8-19-14)15(17)21/h5-9H,1-4H3,(H2,17,21). The van der Waals surface area contributed by atoms with E-state index in [-0.39, 0.29) is 10.4 Å². The van der Waals surface area contributed by atoms with Crippen LogP contribution in [0.5, 0.6) is 11.6 Å². The topological polar surface area (TPSA) is 61.0 Å². The van der Waals surface area contributed by atoms with Crippen LogP contribution in [0.25, 0.3) is 0 Å². The first kappa shape index (κ1) is 15.4. The van der Waals surface area contributed by atoms with E-state index in [1.807, 2.05) is 13.0 Å². The minimum atomic E-state index is 0.113. The highest BCUT2D eigenvalue weighted by Gasteiger charge is 2.15. The maximum Gasteiger partial charge on any atom is 0.237 e. The third-order valence-corrected chi connectivity index (χ3v) is 3.35. The number of nitrogens with two attached hydrogens (primary N) is 1. The van der Waals surface area contributed by atoms with Gasteiger partial charge in [-0.2, -0.15) is 0 Å². The zero-order valence-corrected chi connectivity index (χ0v) is 13.5. The number of thiocarbonyl (C=S) groups is 1. The van der Waals surface area contributed by atoms with Gasteiger partial charge in [-0.3, -0.25) is 0 Å². The number of nitrogens with zero attached hydrogens (tertiary/aromatic N) is 2. The Morgan fingerprint density at radius 1 is 1.19 bits per heavy atom. The summed E-state index contributed by atoms with van der Waals surface area (Å²) in [5.41, 5.74) is 8.41. The van der Waals surface area contributed by atoms with E-state index in [1.54, 1.807) is 0 Å². The summed E-state index contributed by atoms with van der Waals surface area (Å²) in [6, 6.07) is 6.16. The molecule has 0 unspecified atom stereocenters. The van der Waals surface area contributed by atoms with Crippen LogP contribution in [-0.4, -0.2) is 15.0 Å². The van der Waals surface area contributed by atoms with Gasteiger partial charge in [0.15, 0.2) is 0 Å². The largest absolute Gasteiger partial charge is 0.437 e.